The number of likely N-dealkylation sites (N-methyl/N-ethyl adjacent to an activating group) is 1. The minimum absolute atomic E-state index is 0.0182. The molecule has 0 saturated heterocycles. The van der Waals surface area contributed by atoms with E-state index < -0.39 is 12.1 Å². The lowest BCUT2D eigenvalue weighted by Gasteiger charge is -2.32. The predicted molar refractivity (Wildman–Crippen MR) is 111 cm³/mol. The normalized spacial score (nSPS) is 19.9. The molecule has 168 valence electrons. The van der Waals surface area contributed by atoms with E-state index in [2.05, 4.69) is 15.6 Å². The first-order valence-corrected chi connectivity index (χ1v) is 10.1. The van der Waals surface area contributed by atoms with Crippen molar-refractivity contribution < 1.29 is 22.7 Å². The summed E-state index contributed by atoms with van der Waals surface area (Å²) < 4.78 is 44.5. The third-order valence-corrected chi connectivity index (χ3v) is 5.21. The van der Waals surface area contributed by atoms with Crippen molar-refractivity contribution in [2.75, 3.05) is 34.3 Å². The number of nitrogens with one attached hydrogen (secondary N) is 2. The molecule has 2 atom stereocenters. The number of amides is 1. The Labute approximate surface area is 175 Å². The maximum Gasteiger partial charge on any atom is 0.391 e. The predicted octanol–water partition coefficient (Wildman–Crippen LogP) is 2.98. The summed E-state index contributed by atoms with van der Waals surface area (Å²) in [6, 6.07) is 7.33. The van der Waals surface area contributed by atoms with Crippen LogP contribution in [0.1, 0.15) is 31.2 Å². The van der Waals surface area contributed by atoms with E-state index in [0.29, 0.717) is 31.8 Å². The van der Waals surface area contributed by atoms with Crippen molar-refractivity contribution in [1.29, 1.82) is 0 Å². The van der Waals surface area contributed by atoms with E-state index in [9.17, 15) is 18.0 Å². The lowest BCUT2D eigenvalue weighted by atomic mass is 9.85. The van der Waals surface area contributed by atoms with Gasteiger partial charge in [0.05, 0.1) is 13.0 Å². The first kappa shape index (κ1) is 23.8. The quantitative estimate of drug-likeness (QED) is 0.518. The number of hydrogen-bond donors (Lipinski definition) is 2. The van der Waals surface area contributed by atoms with E-state index in [1.165, 1.54) is 4.90 Å². The Kier molecular flexibility index (Phi) is 8.80. The van der Waals surface area contributed by atoms with Crippen LogP contribution in [0.3, 0.4) is 0 Å². The summed E-state index contributed by atoms with van der Waals surface area (Å²) in [5.41, 5.74) is 1.09. The SMILES string of the molecule is COc1ccc(CCNC(=NCC(=O)N(C)C)NC2CCCC(C(F)(F)F)C2)cc1. The number of rotatable bonds is 7. The lowest BCUT2D eigenvalue weighted by Crippen LogP contribution is -2.47. The first-order chi connectivity index (χ1) is 14.2. The van der Waals surface area contributed by atoms with E-state index in [4.69, 9.17) is 4.74 Å². The Bertz CT molecular complexity index is 705. The molecule has 1 fully saturated rings. The second-order valence-electron chi connectivity index (χ2n) is 7.72. The van der Waals surface area contributed by atoms with Gasteiger partial charge < -0.3 is 20.3 Å². The summed E-state index contributed by atoms with van der Waals surface area (Å²) in [5.74, 6) is -0.336. The third-order valence-electron chi connectivity index (χ3n) is 5.21. The number of ether oxygens (including phenoxy) is 1. The molecule has 0 heterocycles. The van der Waals surface area contributed by atoms with Crippen LogP contribution < -0.4 is 15.4 Å². The van der Waals surface area contributed by atoms with Crippen LogP contribution in [0.5, 0.6) is 5.75 Å². The fourth-order valence-corrected chi connectivity index (χ4v) is 3.37. The van der Waals surface area contributed by atoms with E-state index in [1.54, 1.807) is 21.2 Å². The highest BCUT2D eigenvalue weighted by Crippen LogP contribution is 2.37. The molecule has 2 rings (SSSR count). The van der Waals surface area contributed by atoms with Crippen molar-refractivity contribution in [2.45, 2.75) is 44.3 Å². The van der Waals surface area contributed by atoms with Crippen LogP contribution in [0, 0.1) is 5.92 Å². The maximum atomic E-state index is 13.1. The van der Waals surface area contributed by atoms with Gasteiger partial charge in [0.2, 0.25) is 5.91 Å². The van der Waals surface area contributed by atoms with Gasteiger partial charge in [-0.15, -0.1) is 0 Å². The number of hydrogen-bond acceptors (Lipinski definition) is 3. The zero-order chi connectivity index (χ0) is 22.1. The van der Waals surface area contributed by atoms with E-state index >= 15 is 0 Å². The fourth-order valence-electron chi connectivity index (χ4n) is 3.37. The summed E-state index contributed by atoms with van der Waals surface area (Å²) >= 11 is 0. The topological polar surface area (TPSA) is 66.0 Å². The van der Waals surface area contributed by atoms with Crippen LogP contribution in [-0.4, -0.2) is 63.3 Å². The smallest absolute Gasteiger partial charge is 0.391 e. The molecule has 0 radical (unpaired) electrons. The van der Waals surface area contributed by atoms with Gasteiger partial charge >= 0.3 is 6.18 Å². The highest BCUT2D eigenvalue weighted by atomic mass is 19.4. The summed E-state index contributed by atoms with van der Waals surface area (Å²) in [6.07, 6.45) is -2.14. The minimum Gasteiger partial charge on any atom is -0.497 e. The van der Waals surface area contributed by atoms with Gasteiger partial charge in [0.15, 0.2) is 5.96 Å². The molecule has 6 nitrogen and oxygen atoms in total. The van der Waals surface area contributed by atoms with Crippen LogP contribution in [0.25, 0.3) is 0 Å². The summed E-state index contributed by atoms with van der Waals surface area (Å²) in [5, 5.41) is 6.25. The van der Waals surface area contributed by atoms with Gasteiger partial charge in [0.25, 0.3) is 0 Å². The van der Waals surface area contributed by atoms with Crippen molar-refractivity contribution in [3.63, 3.8) is 0 Å². The molecule has 1 aromatic rings. The second kappa shape index (κ2) is 11.1. The molecule has 0 aliphatic heterocycles. The van der Waals surface area contributed by atoms with Crippen LogP contribution >= 0.6 is 0 Å². The van der Waals surface area contributed by atoms with Crippen LogP contribution in [-0.2, 0) is 11.2 Å². The van der Waals surface area contributed by atoms with Crippen molar-refractivity contribution in [3.05, 3.63) is 29.8 Å². The van der Waals surface area contributed by atoms with Gasteiger partial charge in [0.1, 0.15) is 12.3 Å². The molecule has 1 aliphatic rings. The molecule has 9 heteroatoms. The number of guanidine groups is 1. The third kappa shape index (κ3) is 7.76. The number of halogens is 3. The molecule has 2 unspecified atom stereocenters. The van der Waals surface area contributed by atoms with E-state index in [-0.39, 0.29) is 31.3 Å². The Morgan fingerprint density at radius 2 is 1.93 bits per heavy atom. The molecule has 2 N–H and O–H groups in total. The zero-order valence-electron chi connectivity index (χ0n) is 17.8. The number of methoxy groups -OCH3 is 1. The van der Waals surface area contributed by atoms with Crippen molar-refractivity contribution in [2.24, 2.45) is 10.9 Å². The molecule has 0 spiro atoms. The average Bonchev–Trinajstić information content (AvgIpc) is 2.71. The standard InChI is InChI=1S/C21H31F3N4O2/c1-28(2)19(29)14-26-20(25-12-11-15-7-9-18(30-3)10-8-15)27-17-6-4-5-16(13-17)21(22,23)24/h7-10,16-17H,4-6,11-14H2,1-3H3,(H2,25,26,27). The summed E-state index contributed by atoms with van der Waals surface area (Å²) in [7, 11) is 4.88. The fraction of sp³-hybridized carbons (Fsp3) is 0.619. The van der Waals surface area contributed by atoms with Gasteiger partial charge in [-0.05, 0) is 43.4 Å². The highest BCUT2D eigenvalue weighted by molar-refractivity contribution is 5.84. The molecule has 0 bridgehead atoms. The molecule has 1 amide bonds. The van der Waals surface area contributed by atoms with Gasteiger partial charge in [-0.2, -0.15) is 13.2 Å². The van der Waals surface area contributed by atoms with Gasteiger partial charge in [-0.25, -0.2) is 4.99 Å². The number of carbonyl (C=O) groups excluding carboxylic acids is 1. The van der Waals surface area contributed by atoms with E-state index in [0.717, 1.165) is 11.3 Å². The number of alkyl halides is 3. The van der Waals surface area contributed by atoms with Crippen LogP contribution in [0.4, 0.5) is 13.2 Å². The van der Waals surface area contributed by atoms with Crippen LogP contribution in [0.2, 0.25) is 0 Å². The number of aliphatic imine (C=N–C) groups is 1. The molecule has 30 heavy (non-hydrogen) atoms. The van der Waals surface area contributed by atoms with Crippen molar-refractivity contribution in [1.82, 2.24) is 15.5 Å². The van der Waals surface area contributed by atoms with Crippen molar-refractivity contribution in [3.8, 4) is 5.75 Å². The average molecular weight is 428 g/mol. The largest absolute Gasteiger partial charge is 0.497 e. The molecular formula is C21H31F3N4O2. The Balaban J connectivity index is 1.97. The van der Waals surface area contributed by atoms with E-state index in [1.807, 2.05) is 24.3 Å². The molecule has 1 aliphatic carbocycles. The second-order valence-corrected chi connectivity index (χ2v) is 7.72. The monoisotopic (exact) mass is 428 g/mol. The Morgan fingerprint density at radius 3 is 2.53 bits per heavy atom. The Morgan fingerprint density at radius 1 is 1.23 bits per heavy atom. The minimum atomic E-state index is -4.18. The summed E-state index contributed by atoms with van der Waals surface area (Å²) in [6.45, 7) is 0.462. The Hall–Kier alpha value is -2.45. The molecule has 1 aromatic carbocycles. The van der Waals surface area contributed by atoms with Gasteiger partial charge in [-0.1, -0.05) is 18.6 Å². The molecular weight excluding hydrogens is 397 g/mol. The number of nitrogens with zero attached hydrogens (tertiary/aromatic N) is 2. The zero-order valence-corrected chi connectivity index (χ0v) is 17.8. The highest BCUT2D eigenvalue weighted by Gasteiger charge is 2.42. The summed E-state index contributed by atoms with van der Waals surface area (Å²) in [4.78, 5) is 17.6. The van der Waals surface area contributed by atoms with Gasteiger partial charge in [0, 0.05) is 26.7 Å². The molecule has 1 saturated carbocycles. The van der Waals surface area contributed by atoms with Crippen molar-refractivity contribution >= 4 is 11.9 Å². The number of carbonyl (C=O) groups is 1. The van der Waals surface area contributed by atoms with Gasteiger partial charge in [-0.3, -0.25) is 4.79 Å². The van der Waals surface area contributed by atoms with Crippen LogP contribution in [0.15, 0.2) is 29.3 Å². The first-order valence-electron chi connectivity index (χ1n) is 10.1. The maximum absolute atomic E-state index is 13.1. The number of benzene rings is 1. The lowest BCUT2D eigenvalue weighted by molar-refractivity contribution is -0.183. The molecule has 0 aromatic heterocycles.